The van der Waals surface area contributed by atoms with Crippen LogP contribution in [0, 0.1) is 5.92 Å². The lowest BCUT2D eigenvalue weighted by Crippen LogP contribution is -2.22. The number of aromatic nitrogens is 1. The molecule has 1 amide bonds. The quantitative estimate of drug-likeness (QED) is 0.892. The molecule has 1 N–H and O–H groups in total. The van der Waals surface area contributed by atoms with Crippen molar-refractivity contribution in [2.24, 2.45) is 5.92 Å². The van der Waals surface area contributed by atoms with Gasteiger partial charge in [0.15, 0.2) is 0 Å². The first kappa shape index (κ1) is 10.6. The molecule has 1 aliphatic heterocycles. The number of hydrogen-bond donors (Lipinski definition) is 1. The van der Waals surface area contributed by atoms with Crippen LogP contribution in [0.3, 0.4) is 0 Å². The maximum absolute atomic E-state index is 11.7. The fourth-order valence-corrected chi connectivity index (χ4v) is 1.80. The van der Waals surface area contributed by atoms with Crippen molar-refractivity contribution in [3.63, 3.8) is 0 Å². The Labute approximate surface area is 96.2 Å². The molecule has 2 rings (SSSR count). The van der Waals surface area contributed by atoms with Gasteiger partial charge in [-0.15, -0.1) is 0 Å². The van der Waals surface area contributed by atoms with Gasteiger partial charge in [-0.05, 0) is 28.4 Å². The maximum Gasteiger partial charge on any atom is 0.229 e. The summed E-state index contributed by atoms with van der Waals surface area (Å²) >= 11 is 3.32. The topological polar surface area (TPSA) is 51.2 Å². The van der Waals surface area contributed by atoms with Crippen LogP contribution in [-0.4, -0.2) is 24.1 Å². The Balaban J connectivity index is 2.02. The summed E-state index contributed by atoms with van der Waals surface area (Å²) in [4.78, 5) is 15.7. The van der Waals surface area contributed by atoms with Gasteiger partial charge in [-0.1, -0.05) is 0 Å². The summed E-state index contributed by atoms with van der Waals surface area (Å²) in [5.74, 6) is -0.00975. The Morgan fingerprint density at radius 2 is 2.53 bits per heavy atom. The Kier molecular flexibility index (Phi) is 3.33. The van der Waals surface area contributed by atoms with Gasteiger partial charge in [0, 0.05) is 19.0 Å². The van der Waals surface area contributed by atoms with E-state index >= 15 is 0 Å². The minimum atomic E-state index is -0.0231. The number of carbonyl (C=O) groups is 1. The van der Waals surface area contributed by atoms with Crippen LogP contribution in [0.1, 0.15) is 6.42 Å². The molecule has 1 atom stereocenters. The van der Waals surface area contributed by atoms with Crippen LogP contribution < -0.4 is 5.32 Å². The molecular weight excluding hydrogens is 260 g/mol. The van der Waals surface area contributed by atoms with Gasteiger partial charge in [0.05, 0.1) is 22.7 Å². The van der Waals surface area contributed by atoms with E-state index in [1.165, 1.54) is 0 Å². The van der Waals surface area contributed by atoms with Crippen molar-refractivity contribution in [3.05, 3.63) is 22.9 Å². The Morgan fingerprint density at radius 1 is 1.67 bits per heavy atom. The summed E-state index contributed by atoms with van der Waals surface area (Å²) in [6.07, 6.45) is 4.10. The molecule has 0 aliphatic carbocycles. The first-order valence-electron chi connectivity index (χ1n) is 4.75. The fourth-order valence-electron chi connectivity index (χ4n) is 1.45. The highest BCUT2D eigenvalue weighted by Gasteiger charge is 2.23. The summed E-state index contributed by atoms with van der Waals surface area (Å²) in [6.45, 7) is 1.20. The van der Waals surface area contributed by atoms with E-state index in [4.69, 9.17) is 4.74 Å². The van der Waals surface area contributed by atoms with Gasteiger partial charge in [0.1, 0.15) is 0 Å². The molecule has 1 saturated heterocycles. The number of carbonyl (C=O) groups excluding carboxylic acids is 1. The van der Waals surface area contributed by atoms with Crippen molar-refractivity contribution in [2.45, 2.75) is 6.42 Å². The lowest BCUT2D eigenvalue weighted by Gasteiger charge is -2.10. The highest BCUT2D eigenvalue weighted by atomic mass is 79.9. The number of amides is 1. The van der Waals surface area contributed by atoms with E-state index in [1.54, 1.807) is 18.5 Å². The Morgan fingerprint density at radius 3 is 3.20 bits per heavy atom. The van der Waals surface area contributed by atoms with Crippen LogP contribution >= 0.6 is 15.9 Å². The van der Waals surface area contributed by atoms with Crippen LogP contribution in [0.15, 0.2) is 22.9 Å². The molecule has 2 heterocycles. The maximum atomic E-state index is 11.7. The van der Waals surface area contributed by atoms with E-state index in [0.29, 0.717) is 13.2 Å². The lowest BCUT2D eigenvalue weighted by molar-refractivity contribution is -0.119. The van der Waals surface area contributed by atoms with Crippen LogP contribution in [0.5, 0.6) is 0 Å². The number of nitrogens with zero attached hydrogens (tertiary/aromatic N) is 1. The highest BCUT2D eigenvalue weighted by Crippen LogP contribution is 2.22. The minimum Gasteiger partial charge on any atom is -0.381 e. The van der Waals surface area contributed by atoms with Gasteiger partial charge < -0.3 is 10.1 Å². The van der Waals surface area contributed by atoms with Crippen molar-refractivity contribution < 1.29 is 9.53 Å². The molecule has 0 bridgehead atoms. The standard InChI is InChI=1S/C10H11BrN2O2/c11-8-5-12-3-1-9(8)13-10(14)7-2-4-15-6-7/h1,3,5,7H,2,4,6H2,(H,12,13,14). The van der Waals surface area contributed by atoms with Gasteiger partial charge in [-0.2, -0.15) is 0 Å². The van der Waals surface area contributed by atoms with E-state index < -0.39 is 0 Å². The number of pyridine rings is 1. The zero-order valence-corrected chi connectivity index (χ0v) is 9.66. The van der Waals surface area contributed by atoms with Crippen molar-refractivity contribution in [1.29, 1.82) is 0 Å². The number of halogens is 1. The van der Waals surface area contributed by atoms with E-state index in [9.17, 15) is 4.79 Å². The third-order valence-corrected chi connectivity index (χ3v) is 2.96. The van der Waals surface area contributed by atoms with Gasteiger partial charge in [0.2, 0.25) is 5.91 Å². The molecule has 0 spiro atoms. The molecule has 4 nitrogen and oxygen atoms in total. The zero-order valence-electron chi connectivity index (χ0n) is 8.07. The Hall–Kier alpha value is -0.940. The summed E-state index contributed by atoms with van der Waals surface area (Å²) in [5, 5.41) is 2.85. The Bertz CT molecular complexity index is 364. The second-order valence-electron chi connectivity index (χ2n) is 3.41. The first-order chi connectivity index (χ1) is 7.27. The zero-order chi connectivity index (χ0) is 10.7. The van der Waals surface area contributed by atoms with Crippen LogP contribution in [0.4, 0.5) is 5.69 Å². The average molecular weight is 271 g/mol. The third-order valence-electron chi connectivity index (χ3n) is 2.33. The molecule has 5 heteroatoms. The smallest absolute Gasteiger partial charge is 0.229 e. The lowest BCUT2D eigenvalue weighted by atomic mass is 10.1. The molecule has 1 unspecified atom stereocenters. The van der Waals surface area contributed by atoms with E-state index in [1.807, 2.05) is 0 Å². The molecule has 0 aromatic carbocycles. The van der Waals surface area contributed by atoms with E-state index in [0.717, 1.165) is 16.6 Å². The summed E-state index contributed by atoms with van der Waals surface area (Å²) in [6, 6.07) is 1.76. The molecule has 15 heavy (non-hydrogen) atoms. The molecule has 1 fully saturated rings. The van der Waals surface area contributed by atoms with Crippen molar-refractivity contribution >= 4 is 27.5 Å². The average Bonchev–Trinajstić information content (AvgIpc) is 2.74. The first-order valence-corrected chi connectivity index (χ1v) is 5.55. The van der Waals surface area contributed by atoms with Crippen LogP contribution in [0.25, 0.3) is 0 Å². The van der Waals surface area contributed by atoms with Gasteiger partial charge in [0.25, 0.3) is 0 Å². The van der Waals surface area contributed by atoms with E-state index in [2.05, 4.69) is 26.2 Å². The van der Waals surface area contributed by atoms with Crippen molar-refractivity contribution in [2.75, 3.05) is 18.5 Å². The molecule has 1 aromatic rings. The SMILES string of the molecule is O=C(Nc1ccncc1Br)C1CCOC1. The predicted molar refractivity (Wildman–Crippen MR) is 59.5 cm³/mol. The van der Waals surface area contributed by atoms with Gasteiger partial charge >= 0.3 is 0 Å². The number of nitrogens with one attached hydrogen (secondary N) is 1. The number of ether oxygens (including phenoxy) is 1. The van der Waals surface area contributed by atoms with Crippen molar-refractivity contribution in [3.8, 4) is 0 Å². The van der Waals surface area contributed by atoms with Gasteiger partial charge in [-0.3, -0.25) is 9.78 Å². The van der Waals surface area contributed by atoms with Crippen LogP contribution in [-0.2, 0) is 9.53 Å². The van der Waals surface area contributed by atoms with Crippen molar-refractivity contribution in [1.82, 2.24) is 4.98 Å². The number of rotatable bonds is 2. The molecule has 0 saturated carbocycles. The van der Waals surface area contributed by atoms with Gasteiger partial charge in [-0.25, -0.2) is 0 Å². The second kappa shape index (κ2) is 4.72. The number of hydrogen-bond acceptors (Lipinski definition) is 3. The van der Waals surface area contributed by atoms with Crippen LogP contribution in [0.2, 0.25) is 0 Å². The summed E-state index contributed by atoms with van der Waals surface area (Å²) in [5.41, 5.74) is 0.752. The molecular formula is C10H11BrN2O2. The summed E-state index contributed by atoms with van der Waals surface area (Å²) < 4.78 is 5.95. The predicted octanol–water partition coefficient (Wildman–Crippen LogP) is 1.82. The molecule has 80 valence electrons. The number of anilines is 1. The summed E-state index contributed by atoms with van der Waals surface area (Å²) in [7, 11) is 0. The third kappa shape index (κ3) is 2.54. The molecule has 0 radical (unpaired) electrons. The largest absolute Gasteiger partial charge is 0.381 e. The molecule has 1 aliphatic rings. The normalized spacial score (nSPS) is 20.2. The monoisotopic (exact) mass is 270 g/mol. The van der Waals surface area contributed by atoms with E-state index in [-0.39, 0.29) is 11.8 Å². The minimum absolute atomic E-state index is 0.0133. The highest BCUT2D eigenvalue weighted by molar-refractivity contribution is 9.10. The fraction of sp³-hybridized carbons (Fsp3) is 0.400. The molecule has 1 aromatic heterocycles. The second-order valence-corrected chi connectivity index (χ2v) is 4.26.